The lowest BCUT2D eigenvalue weighted by atomic mass is 10.0. The van der Waals surface area contributed by atoms with Crippen LogP contribution < -0.4 is 23.8 Å². The Hall–Kier alpha value is -4.50. The molecule has 0 aliphatic rings. The van der Waals surface area contributed by atoms with Crippen LogP contribution in [0.15, 0.2) is 70.4 Å². The number of anilines is 3. The highest BCUT2D eigenvalue weighted by Crippen LogP contribution is 2.45. The fourth-order valence-electron chi connectivity index (χ4n) is 3.85. The maximum atomic E-state index is 13.1. The van der Waals surface area contributed by atoms with Crippen molar-refractivity contribution in [2.24, 2.45) is 0 Å². The van der Waals surface area contributed by atoms with Crippen LogP contribution in [0.3, 0.4) is 0 Å². The molecular formula is C26H22ClF3N4O7S. The number of nitrogens with zero attached hydrogens (tertiary/aromatic N) is 3. The van der Waals surface area contributed by atoms with Gasteiger partial charge in [-0.15, -0.1) is 13.2 Å². The summed E-state index contributed by atoms with van der Waals surface area (Å²) >= 11 is 6.61. The van der Waals surface area contributed by atoms with Gasteiger partial charge in [0.2, 0.25) is 5.91 Å². The highest BCUT2D eigenvalue weighted by molar-refractivity contribution is 7.92. The lowest BCUT2D eigenvalue weighted by Crippen LogP contribution is -2.26. The minimum atomic E-state index is -4.92. The second kappa shape index (κ2) is 12.2. The topological polar surface area (TPSA) is 133 Å². The van der Waals surface area contributed by atoms with Crippen LogP contribution in [-0.4, -0.2) is 45.0 Å². The van der Waals surface area contributed by atoms with Crippen LogP contribution in [-0.2, 0) is 14.8 Å². The van der Waals surface area contributed by atoms with Crippen molar-refractivity contribution >= 4 is 44.9 Å². The van der Waals surface area contributed by atoms with Gasteiger partial charge in [0.15, 0.2) is 5.82 Å². The number of sulfonamides is 1. The van der Waals surface area contributed by atoms with Crippen molar-refractivity contribution < 1.29 is 45.1 Å². The number of alkyl halides is 3. The number of rotatable bonds is 10. The van der Waals surface area contributed by atoms with Crippen molar-refractivity contribution in [3.63, 3.8) is 0 Å². The lowest BCUT2D eigenvalue weighted by molar-refractivity contribution is -0.274. The first-order valence-electron chi connectivity index (χ1n) is 11.9. The maximum absolute atomic E-state index is 13.1. The molecule has 0 saturated carbocycles. The molecule has 222 valence electrons. The molecule has 0 radical (unpaired) electrons. The number of hydrogen-bond donors (Lipinski definition) is 1. The number of amides is 1. The fraction of sp³-hybridized carbons (Fsp3) is 0.192. The molecule has 0 spiro atoms. The van der Waals surface area contributed by atoms with E-state index >= 15 is 0 Å². The molecule has 0 unspecified atom stereocenters. The Morgan fingerprint density at radius 2 is 1.79 bits per heavy atom. The van der Waals surface area contributed by atoms with Crippen LogP contribution >= 0.6 is 11.6 Å². The van der Waals surface area contributed by atoms with Crippen LogP contribution in [0, 0.1) is 0 Å². The number of pyridine rings is 1. The molecule has 0 fully saturated rings. The molecule has 0 aliphatic carbocycles. The highest BCUT2D eigenvalue weighted by Gasteiger charge is 2.32. The largest absolute Gasteiger partial charge is 0.573 e. The van der Waals surface area contributed by atoms with Crippen LogP contribution in [0.1, 0.15) is 13.3 Å². The van der Waals surface area contributed by atoms with Crippen molar-refractivity contribution in [2.45, 2.75) is 24.6 Å². The molecule has 2 heterocycles. The van der Waals surface area contributed by atoms with E-state index in [2.05, 4.69) is 24.1 Å². The summed E-state index contributed by atoms with van der Waals surface area (Å²) in [5, 5.41) is 3.53. The summed E-state index contributed by atoms with van der Waals surface area (Å²) in [6, 6.07) is 10.1. The SMILES string of the molecule is CCC(=O)N(c1ccc(S(=O)(=O)Nc2ccon2)cn1)c1cc(Cl)c(-c2cc(OC(F)(F)F)ccc2OC)cc1OC. The van der Waals surface area contributed by atoms with Crippen molar-refractivity contribution in [3.05, 3.63) is 66.0 Å². The van der Waals surface area contributed by atoms with Crippen LogP contribution in [0.2, 0.25) is 5.02 Å². The van der Waals surface area contributed by atoms with E-state index in [9.17, 15) is 26.4 Å². The summed E-state index contributed by atoms with van der Waals surface area (Å²) in [6.07, 6.45) is -2.66. The van der Waals surface area contributed by atoms with Crippen molar-refractivity contribution in [2.75, 3.05) is 23.8 Å². The second-order valence-corrected chi connectivity index (χ2v) is 10.4. The van der Waals surface area contributed by atoms with Crippen LogP contribution in [0.4, 0.5) is 30.5 Å². The molecule has 1 amide bonds. The van der Waals surface area contributed by atoms with E-state index in [-0.39, 0.29) is 56.3 Å². The van der Waals surface area contributed by atoms with E-state index in [4.69, 9.17) is 21.1 Å². The molecule has 16 heteroatoms. The first-order chi connectivity index (χ1) is 19.9. The van der Waals surface area contributed by atoms with Crippen molar-refractivity contribution in [1.82, 2.24) is 10.1 Å². The first-order valence-corrected chi connectivity index (χ1v) is 13.8. The van der Waals surface area contributed by atoms with Gasteiger partial charge in [-0.25, -0.2) is 13.4 Å². The highest BCUT2D eigenvalue weighted by atomic mass is 35.5. The fourth-order valence-corrected chi connectivity index (χ4v) is 5.05. The smallest absolute Gasteiger partial charge is 0.496 e. The molecule has 0 saturated heterocycles. The predicted octanol–water partition coefficient (Wildman–Crippen LogP) is 6.18. The van der Waals surface area contributed by atoms with E-state index in [1.807, 2.05) is 0 Å². The molecule has 0 atom stereocenters. The minimum absolute atomic E-state index is 0.0165. The molecule has 0 bridgehead atoms. The average molecular weight is 627 g/mol. The maximum Gasteiger partial charge on any atom is 0.573 e. The summed E-state index contributed by atoms with van der Waals surface area (Å²) in [7, 11) is -1.41. The van der Waals surface area contributed by atoms with Gasteiger partial charge >= 0.3 is 6.36 Å². The number of hydrogen-bond acceptors (Lipinski definition) is 9. The van der Waals surface area contributed by atoms with Gasteiger partial charge in [0.05, 0.1) is 24.9 Å². The third kappa shape index (κ3) is 6.69. The van der Waals surface area contributed by atoms with Gasteiger partial charge < -0.3 is 18.7 Å². The normalized spacial score (nSPS) is 11.6. The van der Waals surface area contributed by atoms with Crippen molar-refractivity contribution in [3.8, 4) is 28.4 Å². The summed E-state index contributed by atoms with van der Waals surface area (Å²) < 4.78 is 85.7. The first kappa shape index (κ1) is 30.5. The van der Waals surface area contributed by atoms with Crippen molar-refractivity contribution in [1.29, 1.82) is 0 Å². The summed E-state index contributed by atoms with van der Waals surface area (Å²) in [5.74, 6) is -0.639. The number of carbonyl (C=O) groups excluding carboxylic acids is 1. The predicted molar refractivity (Wildman–Crippen MR) is 146 cm³/mol. The molecule has 4 aromatic rings. The quantitative estimate of drug-likeness (QED) is 0.219. The molecule has 42 heavy (non-hydrogen) atoms. The zero-order valence-corrected chi connectivity index (χ0v) is 23.7. The third-order valence-corrected chi connectivity index (χ3v) is 7.35. The number of halogens is 4. The summed E-state index contributed by atoms with van der Waals surface area (Å²) in [4.78, 5) is 18.3. The number of benzene rings is 2. The molecular weight excluding hydrogens is 605 g/mol. The molecule has 1 N–H and O–H groups in total. The number of aromatic nitrogens is 2. The number of ether oxygens (including phenoxy) is 3. The van der Waals surface area contributed by atoms with Gasteiger partial charge in [0, 0.05) is 29.8 Å². The Morgan fingerprint density at radius 3 is 2.36 bits per heavy atom. The van der Waals surface area contributed by atoms with Gasteiger partial charge in [0.1, 0.15) is 34.2 Å². The Labute approximate surface area is 242 Å². The molecule has 4 rings (SSSR count). The Bertz CT molecular complexity index is 1680. The van der Waals surface area contributed by atoms with E-state index in [1.54, 1.807) is 6.92 Å². The Kier molecular flexibility index (Phi) is 8.82. The summed E-state index contributed by atoms with van der Waals surface area (Å²) in [5.41, 5.74) is 0.525. The summed E-state index contributed by atoms with van der Waals surface area (Å²) in [6.45, 7) is 1.61. The second-order valence-electron chi connectivity index (χ2n) is 8.34. The Morgan fingerprint density at radius 1 is 1.05 bits per heavy atom. The van der Waals surface area contributed by atoms with E-state index in [0.29, 0.717) is 0 Å². The van der Waals surface area contributed by atoms with E-state index in [0.717, 1.165) is 18.3 Å². The lowest BCUT2D eigenvalue weighted by Gasteiger charge is -2.25. The van der Waals surface area contributed by atoms with Crippen LogP contribution in [0.25, 0.3) is 11.1 Å². The van der Waals surface area contributed by atoms with Gasteiger partial charge in [0.25, 0.3) is 10.0 Å². The van der Waals surface area contributed by atoms with E-state index < -0.39 is 28.0 Å². The van der Waals surface area contributed by atoms with Crippen LogP contribution in [0.5, 0.6) is 17.2 Å². The zero-order chi connectivity index (χ0) is 30.7. The monoisotopic (exact) mass is 626 g/mol. The average Bonchev–Trinajstić information content (AvgIpc) is 3.45. The van der Waals surface area contributed by atoms with Gasteiger partial charge in [-0.2, -0.15) is 0 Å². The van der Waals surface area contributed by atoms with Gasteiger partial charge in [-0.05, 0) is 42.5 Å². The molecule has 11 nitrogen and oxygen atoms in total. The molecule has 0 aliphatic heterocycles. The molecule has 2 aromatic carbocycles. The molecule has 2 aromatic heterocycles. The van der Waals surface area contributed by atoms with Gasteiger partial charge in [-0.3, -0.25) is 14.4 Å². The zero-order valence-electron chi connectivity index (χ0n) is 22.1. The number of methoxy groups -OCH3 is 2. The van der Waals surface area contributed by atoms with E-state index in [1.165, 1.54) is 61.8 Å². The standard InChI is InChI=1S/C26H22ClF3N4O7S/c1-4-25(35)34(24-8-6-16(14-31-24)42(36,37)33-23-9-10-40-32-23)20-13-19(27)17(12-22(20)39-3)18-11-15(41-26(28,29)30)5-7-21(18)38-2/h5-14H,4H2,1-3H3,(H,32,33). The Balaban J connectivity index is 1.77. The van der Waals surface area contributed by atoms with Gasteiger partial charge in [-0.1, -0.05) is 23.7 Å². The number of nitrogens with one attached hydrogen (secondary N) is 1. The third-order valence-electron chi connectivity index (χ3n) is 5.69. The number of carbonyl (C=O) groups is 1. The minimum Gasteiger partial charge on any atom is -0.496 e.